The molecule has 21 heavy (non-hydrogen) atoms. The van der Waals surface area contributed by atoms with Crippen molar-refractivity contribution >= 4 is 28.4 Å². The molecule has 0 saturated heterocycles. The number of aromatic nitrogens is 2. The highest BCUT2D eigenvalue weighted by Gasteiger charge is 2.29. The molecule has 4 nitrogen and oxygen atoms in total. The van der Waals surface area contributed by atoms with Gasteiger partial charge in [0.25, 0.3) is 0 Å². The monoisotopic (exact) mass is 397 g/mol. The van der Waals surface area contributed by atoms with Gasteiger partial charge in [0, 0.05) is 19.7 Å². The zero-order valence-electron chi connectivity index (χ0n) is 12.8. The highest BCUT2D eigenvalue weighted by Crippen LogP contribution is 2.32. The van der Waals surface area contributed by atoms with E-state index in [0.29, 0.717) is 5.82 Å². The maximum atomic E-state index is 5.65. The van der Waals surface area contributed by atoms with Gasteiger partial charge < -0.3 is 10.1 Å². The quantitative estimate of drug-likeness (QED) is 0.774. The van der Waals surface area contributed by atoms with E-state index < -0.39 is 5.60 Å². The first-order chi connectivity index (χ1) is 10.1. The van der Waals surface area contributed by atoms with Gasteiger partial charge in [-0.05, 0) is 35.9 Å². The van der Waals surface area contributed by atoms with Crippen molar-refractivity contribution in [1.29, 1.82) is 0 Å². The maximum Gasteiger partial charge on any atom is 0.162 e. The second-order valence-electron chi connectivity index (χ2n) is 4.96. The highest BCUT2D eigenvalue weighted by molar-refractivity contribution is 14.1. The molecule has 0 amide bonds. The predicted octanol–water partition coefficient (Wildman–Crippen LogP) is 4.06. The number of halogens is 1. The van der Waals surface area contributed by atoms with Crippen molar-refractivity contribution in [2.75, 3.05) is 19.5 Å². The second kappa shape index (κ2) is 6.70. The van der Waals surface area contributed by atoms with E-state index in [-0.39, 0.29) is 0 Å². The van der Waals surface area contributed by atoms with Gasteiger partial charge in [-0.15, -0.1) is 0 Å². The van der Waals surface area contributed by atoms with Gasteiger partial charge in [-0.25, -0.2) is 9.97 Å². The molecule has 5 heteroatoms. The minimum Gasteiger partial charge on any atom is -0.372 e. The molecule has 112 valence electrons. The smallest absolute Gasteiger partial charge is 0.162 e. The summed E-state index contributed by atoms with van der Waals surface area (Å²) in [5.41, 5.74) is 1.53. The van der Waals surface area contributed by atoms with Gasteiger partial charge in [0.2, 0.25) is 0 Å². The number of anilines is 1. The van der Waals surface area contributed by atoms with E-state index in [2.05, 4.69) is 51.9 Å². The minimum atomic E-state index is -0.487. The highest BCUT2D eigenvalue weighted by atomic mass is 127. The van der Waals surface area contributed by atoms with Crippen LogP contribution in [0.2, 0.25) is 0 Å². The van der Waals surface area contributed by atoms with Crippen LogP contribution in [0.3, 0.4) is 0 Å². The minimum absolute atomic E-state index is 0.487. The SMILES string of the molecule is CCC(C)(OC)c1nc(NC)c(I)c(-c2ccccc2)n1. The molecule has 0 saturated carbocycles. The van der Waals surface area contributed by atoms with E-state index in [1.165, 1.54) is 0 Å². The summed E-state index contributed by atoms with van der Waals surface area (Å²) in [5, 5.41) is 3.15. The Kier molecular flexibility index (Phi) is 5.16. The van der Waals surface area contributed by atoms with Gasteiger partial charge in [0.1, 0.15) is 11.4 Å². The van der Waals surface area contributed by atoms with Crippen LogP contribution in [-0.2, 0) is 10.3 Å². The summed E-state index contributed by atoms with van der Waals surface area (Å²) in [6, 6.07) is 10.2. The Hall–Kier alpha value is -1.21. The Morgan fingerprint density at radius 1 is 1.24 bits per heavy atom. The van der Waals surface area contributed by atoms with Crippen LogP contribution in [0, 0.1) is 3.57 Å². The average molecular weight is 397 g/mol. The zero-order chi connectivity index (χ0) is 15.5. The Morgan fingerprint density at radius 2 is 1.90 bits per heavy atom. The molecular formula is C16H20IN3O. The third-order valence-electron chi connectivity index (χ3n) is 3.73. The van der Waals surface area contributed by atoms with Gasteiger partial charge in [0.05, 0.1) is 9.26 Å². The summed E-state index contributed by atoms with van der Waals surface area (Å²) < 4.78 is 6.66. The number of nitrogens with one attached hydrogen (secondary N) is 1. The summed E-state index contributed by atoms with van der Waals surface area (Å²) >= 11 is 2.29. The van der Waals surface area contributed by atoms with E-state index in [9.17, 15) is 0 Å². The first-order valence-electron chi connectivity index (χ1n) is 6.92. The molecular weight excluding hydrogens is 377 g/mol. The second-order valence-corrected chi connectivity index (χ2v) is 6.04. The van der Waals surface area contributed by atoms with Crippen LogP contribution < -0.4 is 5.32 Å². The summed E-state index contributed by atoms with van der Waals surface area (Å²) in [6.07, 6.45) is 0.807. The Bertz CT molecular complexity index is 612. The number of methoxy groups -OCH3 is 1. The fourth-order valence-corrected chi connectivity index (χ4v) is 2.85. The molecule has 2 rings (SSSR count). The van der Waals surface area contributed by atoms with E-state index in [1.54, 1.807) is 7.11 Å². The lowest BCUT2D eigenvalue weighted by atomic mass is 10.0. The number of benzene rings is 1. The van der Waals surface area contributed by atoms with Gasteiger partial charge >= 0.3 is 0 Å². The molecule has 1 unspecified atom stereocenters. The van der Waals surface area contributed by atoms with Crippen LogP contribution in [-0.4, -0.2) is 24.1 Å². The largest absolute Gasteiger partial charge is 0.372 e. The van der Waals surface area contributed by atoms with Crippen molar-refractivity contribution in [2.24, 2.45) is 0 Å². The third-order valence-corrected chi connectivity index (χ3v) is 4.76. The number of ether oxygens (including phenoxy) is 1. The summed E-state index contributed by atoms with van der Waals surface area (Å²) in [7, 11) is 3.57. The molecule has 1 heterocycles. The average Bonchev–Trinajstić information content (AvgIpc) is 2.55. The number of nitrogens with zero attached hydrogens (tertiary/aromatic N) is 2. The molecule has 0 spiro atoms. The molecule has 0 bridgehead atoms. The summed E-state index contributed by atoms with van der Waals surface area (Å²) in [6.45, 7) is 4.09. The molecule has 0 aliphatic heterocycles. The van der Waals surface area contributed by atoms with Crippen LogP contribution >= 0.6 is 22.6 Å². The molecule has 0 aliphatic carbocycles. The maximum absolute atomic E-state index is 5.65. The van der Waals surface area contributed by atoms with E-state index in [0.717, 1.165) is 27.1 Å². The van der Waals surface area contributed by atoms with Crippen molar-refractivity contribution in [2.45, 2.75) is 25.9 Å². The lowest BCUT2D eigenvalue weighted by Crippen LogP contribution is -2.27. The molecule has 1 aromatic heterocycles. The van der Waals surface area contributed by atoms with Crippen LogP contribution in [0.5, 0.6) is 0 Å². The topological polar surface area (TPSA) is 47.0 Å². The van der Waals surface area contributed by atoms with E-state index in [1.807, 2.05) is 32.2 Å². The van der Waals surface area contributed by atoms with Crippen LogP contribution in [0.25, 0.3) is 11.3 Å². The van der Waals surface area contributed by atoms with E-state index >= 15 is 0 Å². The first-order valence-corrected chi connectivity index (χ1v) is 8.00. The van der Waals surface area contributed by atoms with Gasteiger partial charge in [-0.3, -0.25) is 0 Å². The van der Waals surface area contributed by atoms with Crippen molar-refractivity contribution in [1.82, 2.24) is 9.97 Å². The number of hydrogen-bond acceptors (Lipinski definition) is 4. The molecule has 1 aromatic carbocycles. The normalized spacial score (nSPS) is 13.8. The predicted molar refractivity (Wildman–Crippen MR) is 94.4 cm³/mol. The fourth-order valence-electron chi connectivity index (χ4n) is 2.03. The number of hydrogen-bond donors (Lipinski definition) is 1. The van der Waals surface area contributed by atoms with Crippen LogP contribution in [0.15, 0.2) is 30.3 Å². The van der Waals surface area contributed by atoms with Gasteiger partial charge in [-0.2, -0.15) is 0 Å². The molecule has 0 radical (unpaired) electrons. The lowest BCUT2D eigenvalue weighted by Gasteiger charge is -2.26. The first kappa shape index (κ1) is 16.2. The Labute approximate surface area is 139 Å². The van der Waals surface area contributed by atoms with Crippen molar-refractivity contribution in [3.05, 3.63) is 39.7 Å². The third kappa shape index (κ3) is 3.18. The molecule has 1 atom stereocenters. The Morgan fingerprint density at radius 3 is 2.43 bits per heavy atom. The molecule has 0 aliphatic rings. The molecule has 2 aromatic rings. The van der Waals surface area contributed by atoms with Gasteiger partial charge in [0.15, 0.2) is 5.82 Å². The van der Waals surface area contributed by atoms with Gasteiger partial charge in [-0.1, -0.05) is 37.3 Å². The van der Waals surface area contributed by atoms with Crippen molar-refractivity contribution < 1.29 is 4.74 Å². The lowest BCUT2D eigenvalue weighted by molar-refractivity contribution is -0.00880. The summed E-state index contributed by atoms with van der Waals surface area (Å²) in [4.78, 5) is 9.42. The van der Waals surface area contributed by atoms with Crippen molar-refractivity contribution in [3.8, 4) is 11.3 Å². The van der Waals surface area contributed by atoms with E-state index in [4.69, 9.17) is 9.72 Å². The fraction of sp³-hybridized carbons (Fsp3) is 0.375. The molecule has 0 fully saturated rings. The van der Waals surface area contributed by atoms with Crippen molar-refractivity contribution in [3.63, 3.8) is 0 Å². The number of rotatable bonds is 5. The molecule has 1 N–H and O–H groups in total. The Balaban J connectivity index is 2.66. The summed E-state index contributed by atoms with van der Waals surface area (Å²) in [5.74, 6) is 1.53. The van der Waals surface area contributed by atoms with Crippen LogP contribution in [0.1, 0.15) is 26.1 Å². The zero-order valence-corrected chi connectivity index (χ0v) is 14.9. The van der Waals surface area contributed by atoms with Crippen LogP contribution in [0.4, 0.5) is 5.82 Å². The standard InChI is InChI=1S/C16H20IN3O/c1-5-16(2,21-4)15-19-13(11-9-7-6-8-10-11)12(17)14(18-3)20-15/h6-10H,5H2,1-4H3,(H,18,19,20).